The van der Waals surface area contributed by atoms with Crippen molar-refractivity contribution >= 4 is 17.4 Å². The van der Waals surface area contributed by atoms with Gasteiger partial charge in [0.15, 0.2) is 0 Å². The zero-order valence-electron chi connectivity index (χ0n) is 6.82. The fourth-order valence-electron chi connectivity index (χ4n) is 0.400. The van der Waals surface area contributed by atoms with Gasteiger partial charge in [-0.1, -0.05) is 12.1 Å². The van der Waals surface area contributed by atoms with Crippen molar-refractivity contribution in [2.45, 2.75) is 6.92 Å². The fourth-order valence-corrected chi connectivity index (χ4v) is 0.853. The van der Waals surface area contributed by atoms with Gasteiger partial charge in [-0.2, -0.15) is 11.3 Å². The minimum atomic E-state index is -0.595. The van der Waals surface area contributed by atoms with E-state index in [0.29, 0.717) is 6.61 Å². The molecule has 0 aliphatic heterocycles. The molecule has 12 heavy (non-hydrogen) atoms. The van der Waals surface area contributed by atoms with Crippen LogP contribution in [0, 0.1) is 0 Å². The van der Waals surface area contributed by atoms with Gasteiger partial charge in [-0.15, -0.1) is 0 Å². The molecule has 5 heteroatoms. The molecule has 0 spiro atoms. The van der Waals surface area contributed by atoms with Gasteiger partial charge in [-0.3, -0.25) is 5.43 Å². The quantitative estimate of drug-likeness (QED) is 0.397. The van der Waals surface area contributed by atoms with Crippen molar-refractivity contribution in [2.75, 3.05) is 6.61 Å². The summed E-state index contributed by atoms with van der Waals surface area (Å²) >= 11 is 1.71. The fraction of sp³-hybridized carbons (Fsp3) is 0.286. The highest BCUT2D eigenvalue weighted by Crippen LogP contribution is 1.91. The van der Waals surface area contributed by atoms with E-state index >= 15 is 0 Å². The number of hydrogen-bond donors (Lipinski definition) is 2. The molecule has 0 aliphatic rings. The zero-order chi connectivity index (χ0) is 9.23. The average molecular weight is 188 g/mol. The lowest BCUT2D eigenvalue weighted by atomic mass is 10.7. The molecule has 1 aromatic heterocycles. The predicted octanol–water partition coefficient (Wildman–Crippen LogP) is 1.35. The van der Waals surface area contributed by atoms with Gasteiger partial charge in [0.25, 0.3) is 0 Å². The molecule has 0 saturated heterocycles. The van der Waals surface area contributed by atoms with Gasteiger partial charge >= 0.3 is 6.09 Å². The largest absolute Gasteiger partial charge is 0.449 e. The Hall–Kier alpha value is -1.07. The van der Waals surface area contributed by atoms with Crippen LogP contribution in [0.1, 0.15) is 6.92 Å². The number of thiophene rings is 1. The van der Waals surface area contributed by atoms with Gasteiger partial charge in [-0.05, 0) is 17.7 Å². The Morgan fingerprint density at radius 2 is 2.17 bits per heavy atom. The van der Waals surface area contributed by atoms with Crippen molar-refractivity contribution in [1.29, 1.82) is 0 Å². The van der Waals surface area contributed by atoms with E-state index in [4.69, 9.17) is 0 Å². The van der Waals surface area contributed by atoms with E-state index in [1.54, 1.807) is 23.7 Å². The molecule has 1 rings (SSSR count). The van der Waals surface area contributed by atoms with Crippen molar-refractivity contribution < 1.29 is 9.53 Å². The van der Waals surface area contributed by atoms with Crippen LogP contribution in [-0.2, 0) is 4.74 Å². The lowest BCUT2D eigenvalue weighted by Gasteiger charge is -1.95. The van der Waals surface area contributed by atoms with Crippen molar-refractivity contribution in [1.82, 2.24) is 5.43 Å². The maximum absolute atomic E-state index is 9.95. The van der Waals surface area contributed by atoms with Crippen molar-refractivity contribution in [2.24, 2.45) is 5.84 Å². The van der Waals surface area contributed by atoms with Gasteiger partial charge in [0, 0.05) is 0 Å². The lowest BCUT2D eigenvalue weighted by molar-refractivity contribution is 0.152. The number of rotatable bonds is 1. The van der Waals surface area contributed by atoms with Gasteiger partial charge in [-0.25, -0.2) is 10.6 Å². The number of carbonyl (C=O) groups excluding carboxylic acids is 1. The van der Waals surface area contributed by atoms with Crippen molar-refractivity contribution in [3.63, 3.8) is 0 Å². The third-order valence-corrected chi connectivity index (χ3v) is 1.45. The first-order chi connectivity index (χ1) is 5.81. The molecule has 0 unspecified atom stereocenters. The summed E-state index contributed by atoms with van der Waals surface area (Å²) in [5.74, 6) is 4.63. The molecule has 0 bridgehead atoms. The molecule has 68 valence electrons. The second-order valence-corrected chi connectivity index (χ2v) is 2.47. The molecule has 0 aliphatic carbocycles. The van der Waals surface area contributed by atoms with Gasteiger partial charge in [0.2, 0.25) is 0 Å². The first kappa shape index (κ1) is 10.9. The zero-order valence-corrected chi connectivity index (χ0v) is 7.64. The Morgan fingerprint density at radius 3 is 2.33 bits per heavy atom. The summed E-state index contributed by atoms with van der Waals surface area (Å²) in [6.45, 7) is 2.05. The van der Waals surface area contributed by atoms with Crippen molar-refractivity contribution in [3.8, 4) is 0 Å². The van der Waals surface area contributed by atoms with Crippen LogP contribution in [0.2, 0.25) is 0 Å². The van der Waals surface area contributed by atoms with Crippen LogP contribution in [0.25, 0.3) is 0 Å². The van der Waals surface area contributed by atoms with E-state index in [-0.39, 0.29) is 0 Å². The number of nitrogens with two attached hydrogens (primary N) is 1. The van der Waals surface area contributed by atoms with E-state index in [0.717, 1.165) is 0 Å². The monoisotopic (exact) mass is 188 g/mol. The number of hydrazine groups is 1. The Morgan fingerprint density at radius 1 is 1.58 bits per heavy atom. The Labute approximate surface area is 75.3 Å². The molecule has 1 aromatic rings. The van der Waals surface area contributed by atoms with Crippen LogP contribution in [0.3, 0.4) is 0 Å². The van der Waals surface area contributed by atoms with Crippen LogP contribution in [0.15, 0.2) is 22.9 Å². The number of hydrogen-bond acceptors (Lipinski definition) is 4. The minimum Gasteiger partial charge on any atom is -0.449 e. The normalized spacial score (nSPS) is 7.83. The first-order valence-electron chi connectivity index (χ1n) is 3.41. The summed E-state index contributed by atoms with van der Waals surface area (Å²) in [7, 11) is 0. The highest BCUT2D eigenvalue weighted by molar-refractivity contribution is 7.07. The molecule has 4 nitrogen and oxygen atoms in total. The topological polar surface area (TPSA) is 64.3 Å². The second-order valence-electron chi connectivity index (χ2n) is 1.66. The van der Waals surface area contributed by atoms with E-state index in [2.05, 4.69) is 10.6 Å². The molecule has 3 N–H and O–H groups in total. The third kappa shape index (κ3) is 7.04. The molecular weight excluding hydrogens is 176 g/mol. The third-order valence-electron chi connectivity index (χ3n) is 0.819. The van der Waals surface area contributed by atoms with Gasteiger partial charge < -0.3 is 4.74 Å². The summed E-state index contributed by atoms with van der Waals surface area (Å²) < 4.78 is 4.32. The summed E-state index contributed by atoms with van der Waals surface area (Å²) in [5, 5.41) is 4.08. The highest BCUT2D eigenvalue weighted by Gasteiger charge is 1.89. The number of nitrogens with one attached hydrogen (secondary N) is 1. The summed E-state index contributed by atoms with van der Waals surface area (Å²) in [6, 6.07) is 4.04. The van der Waals surface area contributed by atoms with Crippen LogP contribution in [0.4, 0.5) is 4.79 Å². The van der Waals surface area contributed by atoms with E-state index < -0.39 is 6.09 Å². The molecule has 1 heterocycles. The van der Waals surface area contributed by atoms with Crippen LogP contribution >= 0.6 is 11.3 Å². The maximum Gasteiger partial charge on any atom is 0.421 e. The standard InChI is InChI=1S/C4H4S.C3H8N2O2/c1-2-4-5-3-1;1-2-7-3(6)5-4/h1-4H;2,4H2,1H3,(H,5,6). The van der Waals surface area contributed by atoms with Crippen LogP contribution in [0.5, 0.6) is 0 Å². The number of ether oxygens (including phenoxy) is 1. The molecule has 1 amide bonds. The molecule has 0 atom stereocenters. The summed E-state index contributed by atoms with van der Waals surface area (Å²) in [6.07, 6.45) is -0.595. The Kier molecular flexibility index (Phi) is 7.31. The van der Waals surface area contributed by atoms with E-state index in [1.165, 1.54) is 0 Å². The maximum atomic E-state index is 9.95. The molecule has 0 aromatic carbocycles. The van der Waals surface area contributed by atoms with E-state index in [1.807, 2.05) is 22.9 Å². The second kappa shape index (κ2) is 8.03. The SMILES string of the molecule is CCOC(=O)NN.c1ccsc1. The molecule has 0 fully saturated rings. The van der Waals surface area contributed by atoms with Gasteiger partial charge in [0.05, 0.1) is 6.61 Å². The minimum absolute atomic E-state index is 0.350. The molecular formula is C7H12N2O2S. The average Bonchev–Trinajstić information content (AvgIpc) is 2.62. The number of amides is 1. The Balaban J connectivity index is 0.000000211. The summed E-state index contributed by atoms with van der Waals surface area (Å²) in [5.41, 5.74) is 1.80. The van der Waals surface area contributed by atoms with Crippen LogP contribution < -0.4 is 11.3 Å². The Bertz CT molecular complexity index is 172. The van der Waals surface area contributed by atoms with Crippen LogP contribution in [-0.4, -0.2) is 12.7 Å². The van der Waals surface area contributed by atoms with Crippen molar-refractivity contribution in [3.05, 3.63) is 22.9 Å². The molecule has 0 radical (unpaired) electrons. The predicted molar refractivity (Wildman–Crippen MR) is 48.7 cm³/mol. The number of carbonyl (C=O) groups is 1. The molecule has 0 saturated carbocycles. The lowest BCUT2D eigenvalue weighted by Crippen LogP contribution is -2.30. The first-order valence-corrected chi connectivity index (χ1v) is 4.36. The van der Waals surface area contributed by atoms with Gasteiger partial charge in [0.1, 0.15) is 0 Å². The highest BCUT2D eigenvalue weighted by atomic mass is 32.1. The summed E-state index contributed by atoms with van der Waals surface area (Å²) in [4.78, 5) is 9.95. The van der Waals surface area contributed by atoms with E-state index in [9.17, 15) is 4.79 Å². The smallest absolute Gasteiger partial charge is 0.421 e.